The molecule has 92 valence electrons. The van der Waals surface area contributed by atoms with E-state index >= 15 is 0 Å². The summed E-state index contributed by atoms with van der Waals surface area (Å²) in [5.41, 5.74) is 1.41. The van der Waals surface area contributed by atoms with Crippen LogP contribution in [0.3, 0.4) is 0 Å². The quantitative estimate of drug-likeness (QED) is 0.449. The maximum absolute atomic E-state index is 11.9. The zero-order valence-electron chi connectivity index (χ0n) is 9.71. The van der Waals surface area contributed by atoms with Crippen molar-refractivity contribution < 1.29 is 14.7 Å². The molecule has 2 heterocycles. The van der Waals surface area contributed by atoms with E-state index in [4.69, 9.17) is 5.11 Å². The molecule has 2 aliphatic heterocycles. The SMILES string of the molecule is C=C1CS[C@H]2C(N=C(C)C)C(=O)N2C1C(=O)O. The minimum atomic E-state index is -1.01. The molecule has 2 saturated heterocycles. The minimum absolute atomic E-state index is 0.149. The molecule has 6 heteroatoms. The molecule has 0 saturated carbocycles. The van der Waals surface area contributed by atoms with E-state index in [9.17, 15) is 9.59 Å². The number of hydrogen-bond donors (Lipinski definition) is 1. The Hall–Kier alpha value is -1.30. The lowest BCUT2D eigenvalue weighted by molar-refractivity contribution is -0.157. The van der Waals surface area contributed by atoms with Gasteiger partial charge >= 0.3 is 5.97 Å². The Morgan fingerprint density at radius 1 is 1.59 bits per heavy atom. The van der Waals surface area contributed by atoms with Gasteiger partial charge in [0.05, 0.1) is 0 Å². The second-order valence-corrected chi connectivity index (χ2v) is 5.47. The van der Waals surface area contributed by atoms with Gasteiger partial charge in [-0.1, -0.05) is 6.58 Å². The summed E-state index contributed by atoms with van der Waals surface area (Å²) in [5.74, 6) is -0.651. The van der Waals surface area contributed by atoms with Crippen LogP contribution in [0.25, 0.3) is 0 Å². The summed E-state index contributed by atoms with van der Waals surface area (Å²) in [7, 11) is 0. The van der Waals surface area contributed by atoms with Crippen molar-refractivity contribution in [2.24, 2.45) is 4.99 Å². The number of hydrogen-bond acceptors (Lipinski definition) is 4. The third-order valence-corrected chi connectivity index (χ3v) is 4.15. The number of rotatable bonds is 2. The smallest absolute Gasteiger partial charge is 0.330 e. The number of carbonyl (C=O) groups is 2. The molecule has 3 atom stereocenters. The van der Waals surface area contributed by atoms with E-state index in [2.05, 4.69) is 11.6 Å². The van der Waals surface area contributed by atoms with Crippen LogP contribution in [0.5, 0.6) is 0 Å². The number of thioether (sulfide) groups is 1. The van der Waals surface area contributed by atoms with Crippen molar-refractivity contribution in [3.8, 4) is 0 Å². The van der Waals surface area contributed by atoms with E-state index in [1.807, 2.05) is 13.8 Å². The average molecular weight is 254 g/mol. The van der Waals surface area contributed by atoms with E-state index in [1.165, 1.54) is 16.7 Å². The molecule has 0 aromatic heterocycles. The summed E-state index contributed by atoms with van der Waals surface area (Å²) in [6.45, 7) is 7.39. The Morgan fingerprint density at radius 3 is 2.76 bits per heavy atom. The fourth-order valence-electron chi connectivity index (χ4n) is 2.07. The third kappa shape index (κ3) is 1.86. The topological polar surface area (TPSA) is 70.0 Å². The predicted octanol–water partition coefficient (Wildman–Crippen LogP) is 0.760. The van der Waals surface area contributed by atoms with Crippen LogP contribution in [-0.2, 0) is 9.59 Å². The fourth-order valence-corrected chi connectivity index (χ4v) is 3.36. The number of aliphatic imine (C=N–C) groups is 1. The van der Waals surface area contributed by atoms with Crippen LogP contribution in [-0.4, -0.2) is 50.8 Å². The van der Waals surface area contributed by atoms with Gasteiger partial charge in [-0.2, -0.15) is 0 Å². The minimum Gasteiger partial charge on any atom is -0.479 e. The van der Waals surface area contributed by atoms with Crippen molar-refractivity contribution in [3.63, 3.8) is 0 Å². The predicted molar refractivity (Wildman–Crippen MR) is 66.2 cm³/mol. The summed E-state index contributed by atoms with van der Waals surface area (Å²) >= 11 is 1.53. The number of carboxylic acid groups (broad SMARTS) is 1. The number of carbonyl (C=O) groups excluding carboxylic acids is 1. The van der Waals surface area contributed by atoms with Crippen LogP contribution in [0.4, 0.5) is 0 Å². The summed E-state index contributed by atoms with van der Waals surface area (Å²) in [6, 6.07) is -1.29. The molecule has 1 N–H and O–H groups in total. The van der Waals surface area contributed by atoms with Crippen molar-refractivity contribution in [1.29, 1.82) is 0 Å². The molecule has 2 rings (SSSR count). The van der Waals surface area contributed by atoms with Gasteiger partial charge in [-0.05, 0) is 19.4 Å². The lowest BCUT2D eigenvalue weighted by Crippen LogP contribution is -2.69. The van der Waals surface area contributed by atoms with Gasteiger partial charge < -0.3 is 10.0 Å². The molecule has 0 aliphatic carbocycles. The Bertz CT molecular complexity index is 428. The van der Waals surface area contributed by atoms with Gasteiger partial charge in [0.15, 0.2) is 12.1 Å². The second-order valence-electron chi connectivity index (χ2n) is 4.37. The van der Waals surface area contributed by atoms with Gasteiger partial charge in [0.25, 0.3) is 5.91 Å². The summed E-state index contributed by atoms with van der Waals surface area (Å²) in [5, 5.41) is 8.97. The molecule has 0 radical (unpaired) electrons. The summed E-state index contributed by atoms with van der Waals surface area (Å²) < 4.78 is 0. The molecule has 1 amide bonds. The van der Waals surface area contributed by atoms with Gasteiger partial charge in [-0.3, -0.25) is 9.79 Å². The number of nitrogens with zero attached hydrogens (tertiary/aromatic N) is 2. The molecule has 2 fully saturated rings. The highest BCUT2D eigenvalue weighted by molar-refractivity contribution is 8.00. The van der Waals surface area contributed by atoms with Crippen molar-refractivity contribution >= 4 is 29.4 Å². The van der Waals surface area contributed by atoms with Gasteiger partial charge in [0.2, 0.25) is 0 Å². The summed E-state index contributed by atoms with van der Waals surface area (Å²) in [6.07, 6.45) is 0. The number of aliphatic carboxylic acids is 1. The molecular weight excluding hydrogens is 240 g/mol. The van der Waals surface area contributed by atoms with Gasteiger partial charge in [0, 0.05) is 11.5 Å². The molecular formula is C11H14N2O3S. The zero-order valence-corrected chi connectivity index (χ0v) is 10.5. The van der Waals surface area contributed by atoms with E-state index in [1.54, 1.807) is 0 Å². The molecule has 17 heavy (non-hydrogen) atoms. The third-order valence-electron chi connectivity index (χ3n) is 2.79. The first-order valence-corrected chi connectivity index (χ1v) is 6.33. The fraction of sp³-hybridized carbons (Fsp3) is 0.545. The number of carboxylic acids is 1. The Balaban J connectivity index is 2.23. The van der Waals surface area contributed by atoms with Crippen molar-refractivity contribution in [1.82, 2.24) is 4.90 Å². The van der Waals surface area contributed by atoms with Crippen molar-refractivity contribution in [2.45, 2.75) is 31.3 Å². The van der Waals surface area contributed by atoms with Crippen molar-refractivity contribution in [2.75, 3.05) is 5.75 Å². The van der Waals surface area contributed by atoms with Crippen LogP contribution < -0.4 is 0 Å². The lowest BCUT2D eigenvalue weighted by atomic mass is 9.99. The normalized spacial score (nSPS) is 31.6. The Labute approximate surface area is 104 Å². The molecule has 0 bridgehead atoms. The van der Waals surface area contributed by atoms with E-state index < -0.39 is 18.1 Å². The highest BCUT2D eigenvalue weighted by Gasteiger charge is 2.55. The number of β-lactam (4-membered cyclic amide) rings is 1. The Kier molecular flexibility index (Phi) is 2.99. The molecule has 5 nitrogen and oxygen atoms in total. The van der Waals surface area contributed by atoms with Crippen LogP contribution in [0.1, 0.15) is 13.8 Å². The highest BCUT2D eigenvalue weighted by atomic mass is 32.2. The average Bonchev–Trinajstić information content (AvgIpc) is 2.24. The number of fused-ring (bicyclic) bond motifs is 1. The first-order chi connectivity index (χ1) is 7.93. The van der Waals surface area contributed by atoms with E-state index in [0.29, 0.717) is 11.3 Å². The molecule has 0 spiro atoms. The highest BCUT2D eigenvalue weighted by Crippen LogP contribution is 2.41. The second kappa shape index (κ2) is 4.18. The molecule has 2 aliphatic rings. The first-order valence-electron chi connectivity index (χ1n) is 5.28. The van der Waals surface area contributed by atoms with Crippen LogP contribution in [0.15, 0.2) is 17.1 Å². The monoisotopic (exact) mass is 254 g/mol. The molecule has 2 unspecified atom stereocenters. The zero-order chi connectivity index (χ0) is 12.7. The van der Waals surface area contributed by atoms with Crippen molar-refractivity contribution in [3.05, 3.63) is 12.2 Å². The van der Waals surface area contributed by atoms with Crippen LogP contribution >= 0.6 is 11.8 Å². The van der Waals surface area contributed by atoms with Crippen LogP contribution in [0.2, 0.25) is 0 Å². The van der Waals surface area contributed by atoms with E-state index in [0.717, 1.165) is 5.71 Å². The first kappa shape index (κ1) is 12.2. The maximum atomic E-state index is 11.9. The molecule has 0 aromatic carbocycles. The lowest BCUT2D eigenvalue weighted by Gasteiger charge is -2.51. The largest absolute Gasteiger partial charge is 0.479 e. The number of amides is 1. The summed E-state index contributed by atoms with van der Waals surface area (Å²) in [4.78, 5) is 28.7. The van der Waals surface area contributed by atoms with Gasteiger partial charge in [0.1, 0.15) is 5.37 Å². The van der Waals surface area contributed by atoms with E-state index in [-0.39, 0.29) is 11.3 Å². The van der Waals surface area contributed by atoms with Gasteiger partial charge in [-0.25, -0.2) is 4.79 Å². The maximum Gasteiger partial charge on any atom is 0.330 e. The van der Waals surface area contributed by atoms with Crippen LogP contribution in [0, 0.1) is 0 Å². The Morgan fingerprint density at radius 2 is 2.24 bits per heavy atom. The standard InChI is InChI=1S/C11H14N2O3S/c1-5(2)12-7-9(14)13-8(11(15)16)6(3)4-17-10(7)13/h7-8,10H,3-4H2,1-2H3,(H,15,16)/t7?,8?,10-/m0/s1. The molecule has 0 aromatic rings. The van der Waals surface area contributed by atoms with Gasteiger partial charge in [-0.15, -0.1) is 11.8 Å².